The van der Waals surface area contributed by atoms with E-state index in [1.54, 1.807) is 22.8 Å². The van der Waals surface area contributed by atoms with Crippen molar-refractivity contribution in [3.05, 3.63) is 37.0 Å². The molecule has 35 heavy (non-hydrogen) atoms. The maximum Gasteiger partial charge on any atom is 0.137 e. The van der Waals surface area contributed by atoms with Gasteiger partial charge >= 0.3 is 0 Å². The minimum absolute atomic E-state index is 0.117. The second-order valence-electron chi connectivity index (χ2n) is 11.1. The van der Waals surface area contributed by atoms with Crippen LogP contribution in [-0.4, -0.2) is 48.3 Å². The Balaban J connectivity index is 1.30. The molecule has 0 saturated heterocycles. The van der Waals surface area contributed by atoms with Crippen LogP contribution < -0.4 is 0 Å². The molecule has 7 heteroatoms. The summed E-state index contributed by atoms with van der Waals surface area (Å²) >= 11 is 1.78. The Bertz CT molecular complexity index is 805. The van der Waals surface area contributed by atoms with Crippen molar-refractivity contribution in [3.63, 3.8) is 0 Å². The molecule has 1 heterocycles. The standard InChI is InChI=1S/C28H43F2N3OS/c1-21(28(34,18-33-20-31-19-32-33)26-16-13-24(29)17-27(26)30)35-25-14-11-23(12-15-25)10-6-5-9-22-7-3-2-4-8-22/h5-6,9-10,19-27,34H,2-4,7-8,11-18H2,1H3/b9-5+,10-6+/t21-,23?,24?,25?,26?,27?,28-/m1/s1. The number of nitrogens with zero attached hydrogens (tertiary/aromatic N) is 3. The summed E-state index contributed by atoms with van der Waals surface area (Å²) in [5.74, 6) is 0.792. The number of hydrogen-bond acceptors (Lipinski definition) is 4. The van der Waals surface area contributed by atoms with Gasteiger partial charge in [-0.2, -0.15) is 16.9 Å². The molecule has 0 amide bonds. The number of aliphatic hydroxyl groups is 1. The van der Waals surface area contributed by atoms with Gasteiger partial charge in [-0.3, -0.25) is 4.68 Å². The number of hydrogen-bond donors (Lipinski definition) is 1. The van der Waals surface area contributed by atoms with Crippen LogP contribution in [0.2, 0.25) is 0 Å². The summed E-state index contributed by atoms with van der Waals surface area (Å²) in [4.78, 5) is 3.99. The van der Waals surface area contributed by atoms with Gasteiger partial charge in [-0.25, -0.2) is 13.8 Å². The second kappa shape index (κ2) is 12.8. The zero-order valence-corrected chi connectivity index (χ0v) is 22.0. The number of rotatable bonds is 9. The van der Waals surface area contributed by atoms with Gasteiger partial charge in [0.1, 0.15) is 30.6 Å². The van der Waals surface area contributed by atoms with E-state index < -0.39 is 23.9 Å². The molecular weight excluding hydrogens is 464 g/mol. The Morgan fingerprint density at radius 1 is 1.00 bits per heavy atom. The van der Waals surface area contributed by atoms with Crippen LogP contribution in [0.5, 0.6) is 0 Å². The lowest BCUT2D eigenvalue weighted by molar-refractivity contribution is -0.0852. The second-order valence-corrected chi connectivity index (χ2v) is 12.7. The van der Waals surface area contributed by atoms with E-state index in [9.17, 15) is 9.50 Å². The molecule has 0 aromatic carbocycles. The lowest BCUT2D eigenvalue weighted by atomic mass is 9.73. The molecule has 1 N–H and O–H groups in total. The molecule has 3 unspecified atom stereocenters. The molecule has 196 valence electrons. The van der Waals surface area contributed by atoms with Gasteiger partial charge in [0, 0.05) is 22.8 Å². The summed E-state index contributed by atoms with van der Waals surface area (Å²) in [5, 5.41) is 16.3. The van der Waals surface area contributed by atoms with Crippen molar-refractivity contribution in [1.82, 2.24) is 14.8 Å². The summed E-state index contributed by atoms with van der Waals surface area (Å²) < 4.78 is 30.4. The van der Waals surface area contributed by atoms with Gasteiger partial charge < -0.3 is 5.11 Å². The topological polar surface area (TPSA) is 50.9 Å². The molecular formula is C28H43F2N3OS. The molecule has 0 spiro atoms. The van der Waals surface area contributed by atoms with Crippen LogP contribution >= 0.6 is 11.8 Å². The normalized spacial score (nSPS) is 33.8. The van der Waals surface area contributed by atoms with E-state index in [-0.39, 0.29) is 18.2 Å². The SMILES string of the molecule is C[C@@H](SC1CCC(/C=C/C=C/C2CCCCC2)CC1)[C@](O)(Cn1cncn1)C1CCC(F)CC1F. The summed E-state index contributed by atoms with van der Waals surface area (Å²) in [6.45, 7) is 2.20. The predicted molar refractivity (Wildman–Crippen MR) is 140 cm³/mol. The molecule has 0 radical (unpaired) electrons. The highest BCUT2D eigenvalue weighted by Gasteiger charge is 2.49. The molecule has 1 aromatic heterocycles. The summed E-state index contributed by atoms with van der Waals surface area (Å²) in [5.41, 5.74) is -1.29. The van der Waals surface area contributed by atoms with Crippen molar-refractivity contribution in [1.29, 1.82) is 0 Å². The zero-order chi connectivity index (χ0) is 24.7. The van der Waals surface area contributed by atoms with Crippen LogP contribution in [0.25, 0.3) is 0 Å². The highest BCUT2D eigenvalue weighted by Crippen LogP contribution is 2.45. The Kier molecular flexibility index (Phi) is 9.85. The quantitative estimate of drug-likeness (QED) is 0.371. The average Bonchev–Trinajstić information content (AvgIpc) is 3.36. The predicted octanol–water partition coefficient (Wildman–Crippen LogP) is 6.86. The summed E-state index contributed by atoms with van der Waals surface area (Å²) in [6, 6.07) is 0. The average molecular weight is 508 g/mol. The van der Waals surface area contributed by atoms with Crippen molar-refractivity contribution < 1.29 is 13.9 Å². The Morgan fingerprint density at radius 2 is 1.69 bits per heavy atom. The van der Waals surface area contributed by atoms with Crippen molar-refractivity contribution >= 4 is 11.8 Å². The number of aromatic nitrogens is 3. The minimum Gasteiger partial charge on any atom is -0.386 e. The molecule has 1 aromatic rings. The molecule has 4 nitrogen and oxygen atoms in total. The molecule has 5 atom stereocenters. The van der Waals surface area contributed by atoms with Crippen LogP contribution in [0.3, 0.4) is 0 Å². The van der Waals surface area contributed by atoms with Crippen molar-refractivity contribution in [2.24, 2.45) is 17.8 Å². The van der Waals surface area contributed by atoms with Crippen LogP contribution in [0.4, 0.5) is 8.78 Å². The molecule has 0 bridgehead atoms. The first-order chi connectivity index (χ1) is 16.9. The molecule has 4 rings (SSSR count). The zero-order valence-electron chi connectivity index (χ0n) is 21.2. The molecule has 3 aliphatic rings. The van der Waals surface area contributed by atoms with Gasteiger partial charge in [-0.15, -0.1) is 0 Å². The van der Waals surface area contributed by atoms with Crippen LogP contribution in [0.1, 0.15) is 84.0 Å². The first kappa shape index (κ1) is 26.8. The Hall–Kier alpha value is -1.21. The number of alkyl halides is 2. The van der Waals surface area contributed by atoms with E-state index in [2.05, 4.69) is 34.4 Å². The third-order valence-corrected chi connectivity index (χ3v) is 10.3. The van der Waals surface area contributed by atoms with Gasteiger partial charge in [0.05, 0.1) is 6.54 Å². The fourth-order valence-electron chi connectivity index (χ4n) is 6.34. The summed E-state index contributed by atoms with van der Waals surface area (Å²) in [6.07, 6.45) is 21.7. The highest BCUT2D eigenvalue weighted by atomic mass is 32.2. The van der Waals surface area contributed by atoms with Crippen molar-refractivity contribution in [3.8, 4) is 0 Å². The van der Waals surface area contributed by atoms with E-state index in [1.165, 1.54) is 38.4 Å². The van der Waals surface area contributed by atoms with Crippen LogP contribution in [0.15, 0.2) is 37.0 Å². The fraction of sp³-hybridized carbons (Fsp3) is 0.786. The van der Waals surface area contributed by atoms with E-state index in [1.807, 2.05) is 6.92 Å². The number of thioether (sulfide) groups is 1. The van der Waals surface area contributed by atoms with Gasteiger partial charge in [0.25, 0.3) is 0 Å². The van der Waals surface area contributed by atoms with Crippen LogP contribution in [-0.2, 0) is 6.54 Å². The fourth-order valence-corrected chi connectivity index (χ4v) is 7.95. The minimum atomic E-state index is -1.34. The van der Waals surface area contributed by atoms with Gasteiger partial charge in [0.2, 0.25) is 0 Å². The van der Waals surface area contributed by atoms with E-state index in [0.29, 0.717) is 24.0 Å². The van der Waals surface area contributed by atoms with Gasteiger partial charge in [0.15, 0.2) is 0 Å². The van der Waals surface area contributed by atoms with Gasteiger partial charge in [-0.1, -0.05) is 50.5 Å². The number of allylic oxidation sites excluding steroid dienone is 4. The first-order valence-corrected chi connectivity index (χ1v) is 14.7. The lowest BCUT2D eigenvalue weighted by Gasteiger charge is -2.45. The highest BCUT2D eigenvalue weighted by molar-refractivity contribution is 8.00. The largest absolute Gasteiger partial charge is 0.386 e. The van der Waals surface area contributed by atoms with Gasteiger partial charge in [-0.05, 0) is 63.2 Å². The molecule has 3 saturated carbocycles. The monoisotopic (exact) mass is 507 g/mol. The third-order valence-electron chi connectivity index (χ3n) is 8.58. The molecule has 3 aliphatic carbocycles. The molecule has 0 aliphatic heterocycles. The van der Waals surface area contributed by atoms with E-state index in [0.717, 1.165) is 31.6 Å². The summed E-state index contributed by atoms with van der Waals surface area (Å²) in [7, 11) is 0. The van der Waals surface area contributed by atoms with E-state index in [4.69, 9.17) is 0 Å². The molecule has 3 fully saturated rings. The maximum absolute atomic E-state index is 15.0. The smallest absolute Gasteiger partial charge is 0.137 e. The number of halogens is 2. The lowest BCUT2D eigenvalue weighted by Crippen LogP contribution is -2.55. The third kappa shape index (κ3) is 7.41. The maximum atomic E-state index is 15.0. The Labute approximate surface area is 214 Å². The van der Waals surface area contributed by atoms with Crippen LogP contribution in [0, 0.1) is 17.8 Å². The Morgan fingerprint density at radius 3 is 2.31 bits per heavy atom. The first-order valence-electron chi connectivity index (χ1n) is 13.8. The van der Waals surface area contributed by atoms with E-state index >= 15 is 4.39 Å². The van der Waals surface area contributed by atoms with Crippen molar-refractivity contribution in [2.45, 2.75) is 119 Å². The van der Waals surface area contributed by atoms with Crippen molar-refractivity contribution in [2.75, 3.05) is 0 Å².